The number of sulfonamides is 1. The van der Waals surface area contributed by atoms with Gasteiger partial charge >= 0.3 is 0 Å². The molecule has 0 saturated heterocycles. The number of anilines is 1. The number of hydrogen-bond donors (Lipinski definition) is 2. The van der Waals surface area contributed by atoms with Crippen molar-refractivity contribution in [2.75, 3.05) is 5.73 Å². The lowest BCUT2D eigenvalue weighted by molar-refractivity contribution is -0.122. The summed E-state index contributed by atoms with van der Waals surface area (Å²) in [5, 5.41) is 0.0349. The fourth-order valence-electron chi connectivity index (χ4n) is 1.19. The average molecular weight is 325 g/mol. The smallest absolute Gasteiger partial charge is 0.264 e. The molecule has 106 valence electrons. The summed E-state index contributed by atoms with van der Waals surface area (Å²) in [6.07, 6.45) is 0.532. The van der Waals surface area contributed by atoms with E-state index in [1.807, 2.05) is 4.72 Å². The van der Waals surface area contributed by atoms with E-state index in [1.165, 1.54) is 0 Å². The quantitative estimate of drug-likeness (QED) is 0.832. The summed E-state index contributed by atoms with van der Waals surface area (Å²) in [5.41, 5.74) is 5.61. The molecule has 0 saturated carbocycles. The topological polar surface area (TPSA) is 89.3 Å². The molecule has 8 heteroatoms. The highest BCUT2D eigenvalue weighted by Crippen LogP contribution is 2.30. The zero-order chi connectivity index (χ0) is 14.8. The maximum Gasteiger partial charge on any atom is 0.264 e. The van der Waals surface area contributed by atoms with Crippen LogP contribution in [0.2, 0.25) is 10.0 Å². The highest BCUT2D eigenvalue weighted by Gasteiger charge is 2.22. The molecular weight excluding hydrogens is 311 g/mol. The summed E-state index contributed by atoms with van der Waals surface area (Å²) in [4.78, 5) is 11.4. The van der Waals surface area contributed by atoms with Crippen LogP contribution in [0.1, 0.15) is 20.3 Å². The van der Waals surface area contributed by atoms with Crippen LogP contribution in [-0.2, 0) is 14.8 Å². The largest absolute Gasteiger partial charge is 0.396 e. The average Bonchev–Trinajstić information content (AvgIpc) is 2.33. The third-order valence-electron chi connectivity index (χ3n) is 2.66. The Kier molecular flexibility index (Phi) is 5.06. The Bertz CT molecular complexity index is 579. The van der Waals surface area contributed by atoms with Gasteiger partial charge in [-0.15, -0.1) is 0 Å². The molecule has 1 aromatic rings. The van der Waals surface area contributed by atoms with Crippen molar-refractivity contribution in [2.45, 2.75) is 25.2 Å². The van der Waals surface area contributed by atoms with Crippen molar-refractivity contribution in [1.82, 2.24) is 4.72 Å². The van der Waals surface area contributed by atoms with Crippen LogP contribution in [0, 0.1) is 5.92 Å². The Morgan fingerprint density at radius 2 is 1.84 bits per heavy atom. The van der Waals surface area contributed by atoms with Gasteiger partial charge < -0.3 is 5.73 Å². The number of carbonyl (C=O) groups excluding carboxylic acids is 1. The number of halogens is 2. The van der Waals surface area contributed by atoms with E-state index >= 15 is 0 Å². The van der Waals surface area contributed by atoms with E-state index in [-0.39, 0.29) is 20.6 Å². The van der Waals surface area contributed by atoms with E-state index < -0.39 is 21.8 Å². The lowest BCUT2D eigenvalue weighted by Crippen LogP contribution is -2.34. The van der Waals surface area contributed by atoms with Gasteiger partial charge in [0.25, 0.3) is 10.0 Å². The van der Waals surface area contributed by atoms with Crippen LogP contribution in [0.4, 0.5) is 5.69 Å². The van der Waals surface area contributed by atoms with Crippen molar-refractivity contribution < 1.29 is 13.2 Å². The van der Waals surface area contributed by atoms with Crippen LogP contribution < -0.4 is 10.5 Å². The van der Waals surface area contributed by atoms with Crippen molar-refractivity contribution in [1.29, 1.82) is 0 Å². The molecule has 0 aromatic heterocycles. The van der Waals surface area contributed by atoms with Gasteiger partial charge in [0, 0.05) is 5.92 Å². The van der Waals surface area contributed by atoms with E-state index in [4.69, 9.17) is 28.9 Å². The zero-order valence-corrected chi connectivity index (χ0v) is 12.7. The third-order valence-corrected chi connectivity index (χ3v) is 4.61. The van der Waals surface area contributed by atoms with Crippen LogP contribution in [0.25, 0.3) is 0 Å². The van der Waals surface area contributed by atoms with E-state index in [2.05, 4.69) is 0 Å². The Morgan fingerprint density at radius 3 is 2.26 bits per heavy atom. The Morgan fingerprint density at radius 1 is 1.37 bits per heavy atom. The molecule has 3 N–H and O–H groups in total. The number of amides is 1. The molecular formula is C11H14Cl2N2O3S. The first-order valence-electron chi connectivity index (χ1n) is 5.50. The molecule has 0 radical (unpaired) electrons. The summed E-state index contributed by atoms with van der Waals surface area (Å²) in [6.45, 7) is 3.42. The van der Waals surface area contributed by atoms with Crippen LogP contribution in [-0.4, -0.2) is 14.3 Å². The van der Waals surface area contributed by atoms with Gasteiger partial charge in [-0.1, -0.05) is 37.0 Å². The van der Waals surface area contributed by atoms with Gasteiger partial charge in [0.1, 0.15) is 0 Å². The Labute approximate surface area is 122 Å². The van der Waals surface area contributed by atoms with Crippen LogP contribution in [0.15, 0.2) is 17.0 Å². The van der Waals surface area contributed by atoms with Gasteiger partial charge in [-0.2, -0.15) is 0 Å². The number of hydrogen-bond acceptors (Lipinski definition) is 4. The molecule has 19 heavy (non-hydrogen) atoms. The summed E-state index contributed by atoms with van der Waals surface area (Å²) >= 11 is 11.5. The van der Waals surface area contributed by atoms with Crippen LogP contribution in [0.5, 0.6) is 0 Å². The van der Waals surface area contributed by atoms with Crippen LogP contribution in [0.3, 0.4) is 0 Å². The van der Waals surface area contributed by atoms with Crippen LogP contribution >= 0.6 is 23.2 Å². The SMILES string of the molecule is CCC(C)C(=O)NS(=O)(=O)c1cc(Cl)c(N)c(Cl)c1. The van der Waals surface area contributed by atoms with Gasteiger partial charge in [-0.3, -0.25) is 4.79 Å². The molecule has 0 spiro atoms. The van der Waals surface area contributed by atoms with E-state index in [9.17, 15) is 13.2 Å². The number of nitrogens with two attached hydrogens (primary N) is 1. The molecule has 1 atom stereocenters. The monoisotopic (exact) mass is 324 g/mol. The molecule has 0 aliphatic rings. The first-order chi connectivity index (χ1) is 8.69. The van der Waals surface area contributed by atoms with Gasteiger partial charge in [-0.05, 0) is 18.6 Å². The first kappa shape index (κ1) is 16.1. The second kappa shape index (κ2) is 5.98. The van der Waals surface area contributed by atoms with Gasteiger partial charge in [0.2, 0.25) is 5.91 Å². The molecule has 0 aliphatic heterocycles. The lowest BCUT2D eigenvalue weighted by atomic mass is 10.1. The van der Waals surface area contributed by atoms with E-state index in [1.54, 1.807) is 13.8 Å². The molecule has 0 bridgehead atoms. The zero-order valence-electron chi connectivity index (χ0n) is 10.4. The molecule has 5 nitrogen and oxygen atoms in total. The predicted octanol–water partition coefficient (Wildman–Crippen LogP) is 2.43. The summed E-state index contributed by atoms with van der Waals surface area (Å²) in [6, 6.07) is 2.30. The second-order valence-electron chi connectivity index (χ2n) is 4.08. The summed E-state index contributed by atoms with van der Waals surface area (Å²) in [7, 11) is -4.00. The standard InChI is InChI=1S/C11H14Cl2N2O3S/c1-3-6(2)11(16)15-19(17,18)7-4-8(12)10(14)9(13)5-7/h4-6H,3,14H2,1-2H3,(H,15,16). The van der Waals surface area contributed by atoms with E-state index in [0.29, 0.717) is 6.42 Å². The van der Waals surface area contributed by atoms with Crippen molar-refractivity contribution in [3.63, 3.8) is 0 Å². The number of rotatable bonds is 4. The van der Waals surface area contributed by atoms with Crippen molar-refractivity contribution >= 4 is 44.8 Å². The maximum absolute atomic E-state index is 12.0. The molecule has 1 aromatic carbocycles. The highest BCUT2D eigenvalue weighted by atomic mass is 35.5. The Hall–Kier alpha value is -0.980. The molecule has 1 amide bonds. The van der Waals surface area contributed by atoms with Gasteiger partial charge in [0.05, 0.1) is 20.6 Å². The number of nitrogen functional groups attached to an aromatic ring is 1. The number of carbonyl (C=O) groups is 1. The van der Waals surface area contributed by atoms with Crippen molar-refractivity contribution in [3.8, 4) is 0 Å². The maximum atomic E-state index is 12.0. The van der Waals surface area contributed by atoms with Gasteiger partial charge in [0.15, 0.2) is 0 Å². The minimum absolute atomic E-state index is 0.0175. The van der Waals surface area contributed by atoms with Gasteiger partial charge in [-0.25, -0.2) is 13.1 Å². The van der Waals surface area contributed by atoms with E-state index in [0.717, 1.165) is 12.1 Å². The van der Waals surface area contributed by atoms with Crippen molar-refractivity contribution in [3.05, 3.63) is 22.2 Å². The minimum atomic E-state index is -4.00. The number of benzene rings is 1. The fraction of sp³-hybridized carbons (Fsp3) is 0.364. The number of nitrogens with one attached hydrogen (secondary N) is 1. The first-order valence-corrected chi connectivity index (χ1v) is 7.74. The minimum Gasteiger partial charge on any atom is -0.396 e. The normalized spacial score (nSPS) is 13.1. The highest BCUT2D eigenvalue weighted by molar-refractivity contribution is 7.90. The second-order valence-corrected chi connectivity index (χ2v) is 6.58. The summed E-state index contributed by atoms with van der Waals surface area (Å²) in [5.74, 6) is -0.985. The molecule has 1 unspecified atom stereocenters. The molecule has 0 aliphatic carbocycles. The summed E-state index contributed by atoms with van der Waals surface area (Å²) < 4.78 is 25.9. The molecule has 1 rings (SSSR count). The molecule has 0 heterocycles. The fourth-order valence-corrected chi connectivity index (χ4v) is 2.94. The third kappa shape index (κ3) is 3.75. The molecule has 0 fully saturated rings. The lowest BCUT2D eigenvalue weighted by Gasteiger charge is -2.12. The predicted molar refractivity (Wildman–Crippen MR) is 75.7 cm³/mol. The van der Waals surface area contributed by atoms with Crippen molar-refractivity contribution in [2.24, 2.45) is 5.92 Å². The Balaban J connectivity index is 3.11.